The Morgan fingerprint density at radius 3 is 2.28 bits per heavy atom. The zero-order valence-electron chi connectivity index (χ0n) is 15.0. The van der Waals surface area contributed by atoms with Gasteiger partial charge in [0.25, 0.3) is 0 Å². The monoisotopic (exact) mass is 329 g/mol. The fraction of sp³-hybridized carbons (Fsp3) is 0.261. The molecule has 0 fully saturated rings. The minimum Gasteiger partial charge on any atom is -0.319 e. The molecular formula is C23H23NO. The lowest BCUT2D eigenvalue weighted by Crippen LogP contribution is -2.28. The van der Waals surface area contributed by atoms with E-state index in [1.807, 2.05) is 18.2 Å². The van der Waals surface area contributed by atoms with Crippen LogP contribution in [0.25, 0.3) is 16.8 Å². The lowest BCUT2D eigenvalue weighted by Gasteiger charge is -2.30. The predicted octanol–water partition coefficient (Wildman–Crippen LogP) is 5.61. The number of hydrogen-bond donors (Lipinski definition) is 0. The number of nitrogens with zero attached hydrogens (tertiary/aromatic N) is 1. The SMILES string of the molecule is Cc1ccc(-c2cn(-c3ccccc3)c3c2C(=O)CC(C)(C)C3)cc1. The Hall–Kier alpha value is -2.61. The smallest absolute Gasteiger partial charge is 0.165 e. The van der Waals surface area contributed by atoms with Gasteiger partial charge in [-0.3, -0.25) is 4.79 Å². The van der Waals surface area contributed by atoms with E-state index in [0.717, 1.165) is 34.5 Å². The van der Waals surface area contributed by atoms with Crippen LogP contribution in [0.3, 0.4) is 0 Å². The number of ketones is 1. The van der Waals surface area contributed by atoms with Crippen molar-refractivity contribution in [2.45, 2.75) is 33.6 Å². The van der Waals surface area contributed by atoms with Gasteiger partial charge >= 0.3 is 0 Å². The quantitative estimate of drug-likeness (QED) is 0.599. The van der Waals surface area contributed by atoms with E-state index in [0.29, 0.717) is 6.42 Å². The molecular weight excluding hydrogens is 306 g/mol. The summed E-state index contributed by atoms with van der Waals surface area (Å²) in [6.45, 7) is 6.45. The third kappa shape index (κ3) is 2.82. The molecule has 4 rings (SSSR count). The van der Waals surface area contributed by atoms with Gasteiger partial charge in [0, 0.05) is 35.1 Å². The second-order valence-electron chi connectivity index (χ2n) is 7.88. The van der Waals surface area contributed by atoms with E-state index in [4.69, 9.17) is 0 Å². The number of Topliss-reactive ketones (excluding diaryl/α,β-unsaturated/α-hetero) is 1. The van der Waals surface area contributed by atoms with E-state index in [2.05, 4.69) is 67.9 Å². The van der Waals surface area contributed by atoms with Gasteiger partial charge in [-0.15, -0.1) is 0 Å². The number of hydrogen-bond acceptors (Lipinski definition) is 1. The second-order valence-corrected chi connectivity index (χ2v) is 7.88. The highest BCUT2D eigenvalue weighted by Gasteiger charge is 2.35. The van der Waals surface area contributed by atoms with Crippen molar-refractivity contribution in [1.29, 1.82) is 0 Å². The Balaban J connectivity index is 1.96. The average Bonchev–Trinajstić information content (AvgIpc) is 2.94. The van der Waals surface area contributed by atoms with Gasteiger partial charge in [-0.1, -0.05) is 61.9 Å². The molecule has 25 heavy (non-hydrogen) atoms. The Morgan fingerprint density at radius 2 is 1.60 bits per heavy atom. The standard InChI is InChI=1S/C23H23NO/c1-16-9-11-17(12-10-16)19-15-24(18-7-5-4-6-8-18)20-13-23(2,3)14-21(25)22(19)20/h4-12,15H,13-14H2,1-3H3. The molecule has 0 amide bonds. The number of rotatable bonds is 2. The summed E-state index contributed by atoms with van der Waals surface area (Å²) in [6.07, 6.45) is 3.66. The third-order valence-electron chi connectivity index (χ3n) is 5.07. The first-order valence-electron chi connectivity index (χ1n) is 8.84. The van der Waals surface area contributed by atoms with Gasteiger partial charge in [-0.05, 0) is 36.5 Å². The van der Waals surface area contributed by atoms with Crippen LogP contribution < -0.4 is 0 Å². The lowest BCUT2D eigenvalue weighted by atomic mass is 9.75. The topological polar surface area (TPSA) is 22.0 Å². The third-order valence-corrected chi connectivity index (χ3v) is 5.07. The maximum Gasteiger partial charge on any atom is 0.165 e. The first-order chi connectivity index (χ1) is 11.9. The summed E-state index contributed by atoms with van der Waals surface area (Å²) < 4.78 is 2.21. The molecule has 1 heterocycles. The Morgan fingerprint density at radius 1 is 0.920 bits per heavy atom. The predicted molar refractivity (Wildman–Crippen MR) is 102 cm³/mol. The van der Waals surface area contributed by atoms with Crippen molar-refractivity contribution in [2.75, 3.05) is 0 Å². The first-order valence-corrected chi connectivity index (χ1v) is 8.84. The van der Waals surface area contributed by atoms with Crippen LogP contribution in [0.2, 0.25) is 0 Å². The van der Waals surface area contributed by atoms with Crippen molar-refractivity contribution in [1.82, 2.24) is 4.57 Å². The summed E-state index contributed by atoms with van der Waals surface area (Å²) in [6, 6.07) is 18.8. The number of carbonyl (C=O) groups is 1. The number of aromatic nitrogens is 1. The van der Waals surface area contributed by atoms with Gasteiger partial charge in [-0.2, -0.15) is 0 Å². The van der Waals surface area contributed by atoms with Gasteiger partial charge in [0.05, 0.1) is 0 Å². The van der Waals surface area contributed by atoms with Crippen molar-refractivity contribution < 1.29 is 4.79 Å². The summed E-state index contributed by atoms with van der Waals surface area (Å²) in [5, 5.41) is 0. The molecule has 2 nitrogen and oxygen atoms in total. The normalized spacial score (nSPS) is 15.9. The van der Waals surface area contributed by atoms with Crippen LogP contribution in [0.5, 0.6) is 0 Å². The van der Waals surface area contributed by atoms with Gasteiger partial charge in [0.1, 0.15) is 0 Å². The van der Waals surface area contributed by atoms with E-state index in [1.54, 1.807) is 0 Å². The summed E-state index contributed by atoms with van der Waals surface area (Å²) in [5.41, 5.74) is 6.56. The largest absolute Gasteiger partial charge is 0.319 e. The number of carbonyl (C=O) groups excluding carboxylic acids is 1. The Kier molecular flexibility index (Phi) is 3.64. The van der Waals surface area contributed by atoms with Crippen LogP contribution in [0.1, 0.15) is 41.9 Å². The number of aryl methyl sites for hydroxylation is 1. The van der Waals surface area contributed by atoms with E-state index < -0.39 is 0 Å². The highest BCUT2D eigenvalue weighted by Crippen LogP contribution is 2.41. The van der Waals surface area contributed by atoms with Gasteiger partial charge in [0.2, 0.25) is 0 Å². The molecule has 1 aliphatic rings. The summed E-state index contributed by atoms with van der Waals surface area (Å²) in [7, 11) is 0. The molecule has 0 saturated heterocycles. The van der Waals surface area contributed by atoms with Crippen LogP contribution in [0.15, 0.2) is 60.8 Å². The average molecular weight is 329 g/mol. The minimum atomic E-state index is -0.000483. The fourth-order valence-electron chi connectivity index (χ4n) is 3.84. The molecule has 0 spiro atoms. The summed E-state index contributed by atoms with van der Waals surface area (Å²) >= 11 is 0. The molecule has 0 aliphatic heterocycles. The van der Waals surface area contributed by atoms with Crippen LogP contribution in [-0.2, 0) is 6.42 Å². The van der Waals surface area contributed by atoms with E-state index >= 15 is 0 Å². The van der Waals surface area contributed by atoms with E-state index in [9.17, 15) is 4.79 Å². The molecule has 1 aromatic heterocycles. The maximum atomic E-state index is 13.0. The van der Waals surface area contributed by atoms with E-state index in [1.165, 1.54) is 5.56 Å². The molecule has 0 atom stereocenters. The zero-order valence-corrected chi connectivity index (χ0v) is 15.0. The van der Waals surface area contributed by atoms with Crippen LogP contribution in [0.4, 0.5) is 0 Å². The summed E-state index contributed by atoms with van der Waals surface area (Å²) in [5.74, 6) is 0.261. The van der Waals surface area contributed by atoms with Crippen molar-refractivity contribution in [2.24, 2.45) is 5.41 Å². The fourth-order valence-corrected chi connectivity index (χ4v) is 3.84. The molecule has 3 aromatic rings. The second kappa shape index (κ2) is 5.73. The molecule has 2 aromatic carbocycles. The van der Waals surface area contributed by atoms with Crippen LogP contribution >= 0.6 is 0 Å². The molecule has 0 radical (unpaired) electrons. The molecule has 1 aliphatic carbocycles. The van der Waals surface area contributed by atoms with Gasteiger partial charge < -0.3 is 4.57 Å². The zero-order chi connectivity index (χ0) is 17.6. The first kappa shape index (κ1) is 15.9. The highest BCUT2D eigenvalue weighted by molar-refractivity contribution is 6.05. The lowest BCUT2D eigenvalue weighted by molar-refractivity contribution is 0.0911. The molecule has 0 N–H and O–H groups in total. The maximum absolute atomic E-state index is 13.0. The van der Waals surface area contributed by atoms with Crippen molar-refractivity contribution in [3.8, 4) is 16.8 Å². The van der Waals surface area contributed by atoms with Crippen LogP contribution in [0, 0.1) is 12.3 Å². The highest BCUT2D eigenvalue weighted by atomic mass is 16.1. The number of benzene rings is 2. The number of fused-ring (bicyclic) bond motifs is 1. The molecule has 0 bridgehead atoms. The van der Waals surface area contributed by atoms with E-state index in [-0.39, 0.29) is 11.2 Å². The van der Waals surface area contributed by atoms with Crippen LogP contribution in [-0.4, -0.2) is 10.4 Å². The minimum absolute atomic E-state index is 0.000483. The summed E-state index contributed by atoms with van der Waals surface area (Å²) in [4.78, 5) is 13.0. The Bertz CT molecular complexity index is 930. The molecule has 2 heteroatoms. The molecule has 0 unspecified atom stereocenters. The Labute approximate surface area is 149 Å². The van der Waals surface area contributed by atoms with Crippen molar-refractivity contribution in [3.05, 3.63) is 77.6 Å². The van der Waals surface area contributed by atoms with Gasteiger partial charge in [-0.25, -0.2) is 0 Å². The molecule has 126 valence electrons. The molecule has 0 saturated carbocycles. The number of para-hydroxylation sites is 1. The van der Waals surface area contributed by atoms with Gasteiger partial charge in [0.15, 0.2) is 5.78 Å². The van der Waals surface area contributed by atoms with Crippen molar-refractivity contribution >= 4 is 5.78 Å². The van der Waals surface area contributed by atoms with Crippen molar-refractivity contribution in [3.63, 3.8) is 0 Å².